The summed E-state index contributed by atoms with van der Waals surface area (Å²) in [4.78, 5) is 41.6. The van der Waals surface area contributed by atoms with Crippen molar-refractivity contribution in [3.05, 3.63) is 78.1 Å². The van der Waals surface area contributed by atoms with Crippen LogP contribution in [0.2, 0.25) is 0 Å². The summed E-state index contributed by atoms with van der Waals surface area (Å²) in [5.74, 6) is -1.50. The van der Waals surface area contributed by atoms with Crippen LogP contribution in [-0.2, 0) is 25.2 Å². The number of carbonyl (C=O) groups is 3. The highest BCUT2D eigenvalue weighted by atomic mass is 32.2. The van der Waals surface area contributed by atoms with E-state index in [2.05, 4.69) is 5.32 Å². The van der Waals surface area contributed by atoms with Gasteiger partial charge in [0, 0.05) is 26.2 Å². The molecule has 3 aromatic rings. The Labute approximate surface area is 219 Å². The second-order valence-corrected chi connectivity index (χ2v) is 11.3. The fraction of sp³-hybridized carbons (Fsp3) is 0.296. The number of hydrogen-bond donors (Lipinski definition) is 1. The molecule has 2 heterocycles. The minimum atomic E-state index is -3.76. The molecular formula is C27H27FN4O5S. The summed E-state index contributed by atoms with van der Waals surface area (Å²) in [6.07, 6.45) is 0.221. The van der Waals surface area contributed by atoms with Crippen molar-refractivity contribution in [3.8, 4) is 0 Å². The molecule has 38 heavy (non-hydrogen) atoms. The van der Waals surface area contributed by atoms with Crippen LogP contribution in [-0.4, -0.2) is 73.1 Å². The van der Waals surface area contributed by atoms with E-state index in [1.807, 2.05) is 24.3 Å². The molecule has 1 N–H and O–H groups in total. The summed E-state index contributed by atoms with van der Waals surface area (Å²) < 4.78 is 41.2. The third-order valence-corrected chi connectivity index (χ3v) is 9.18. The van der Waals surface area contributed by atoms with E-state index in [0.717, 1.165) is 15.7 Å². The maximum atomic E-state index is 13.4. The molecule has 0 bridgehead atoms. The Kier molecular flexibility index (Phi) is 6.66. The number of sulfonamides is 1. The Hall–Kier alpha value is -3.83. The minimum Gasteiger partial charge on any atom is -0.338 e. The molecule has 11 heteroatoms. The van der Waals surface area contributed by atoms with Crippen molar-refractivity contribution in [2.24, 2.45) is 0 Å². The topological polar surface area (TPSA) is 107 Å². The van der Waals surface area contributed by atoms with Gasteiger partial charge in [-0.05, 0) is 47.0 Å². The lowest BCUT2D eigenvalue weighted by Crippen LogP contribution is -2.53. The van der Waals surface area contributed by atoms with Crippen LogP contribution >= 0.6 is 0 Å². The van der Waals surface area contributed by atoms with Crippen molar-refractivity contribution in [3.63, 3.8) is 0 Å². The summed E-state index contributed by atoms with van der Waals surface area (Å²) >= 11 is 0. The van der Waals surface area contributed by atoms with Crippen molar-refractivity contribution in [2.45, 2.75) is 23.8 Å². The molecule has 2 aliphatic rings. The van der Waals surface area contributed by atoms with E-state index < -0.39 is 45.8 Å². The lowest BCUT2D eigenvalue weighted by molar-refractivity contribution is -0.139. The summed E-state index contributed by atoms with van der Waals surface area (Å²) in [5.41, 5.74) is -0.945. The predicted octanol–water partition coefficient (Wildman–Crippen LogP) is 2.67. The maximum absolute atomic E-state index is 13.4. The third kappa shape index (κ3) is 4.41. The number of imide groups is 1. The first-order chi connectivity index (χ1) is 18.2. The van der Waals surface area contributed by atoms with Crippen molar-refractivity contribution in [2.75, 3.05) is 32.7 Å². The Balaban J connectivity index is 1.25. The first-order valence-corrected chi connectivity index (χ1v) is 13.8. The van der Waals surface area contributed by atoms with Crippen LogP contribution in [0.1, 0.15) is 18.9 Å². The van der Waals surface area contributed by atoms with Crippen molar-refractivity contribution in [1.82, 2.24) is 19.4 Å². The van der Waals surface area contributed by atoms with E-state index in [4.69, 9.17) is 0 Å². The number of urea groups is 1. The van der Waals surface area contributed by atoms with Crippen LogP contribution in [0, 0.1) is 5.82 Å². The Morgan fingerprint density at radius 2 is 1.61 bits per heavy atom. The van der Waals surface area contributed by atoms with Gasteiger partial charge in [0.05, 0.1) is 4.90 Å². The number of nitrogens with zero attached hydrogens (tertiary/aromatic N) is 3. The number of hydrogen-bond acceptors (Lipinski definition) is 5. The summed E-state index contributed by atoms with van der Waals surface area (Å²) in [6.45, 7) is 1.70. The van der Waals surface area contributed by atoms with Crippen LogP contribution in [0.4, 0.5) is 9.18 Å². The van der Waals surface area contributed by atoms with Crippen molar-refractivity contribution >= 4 is 38.6 Å². The average Bonchev–Trinajstić information content (AvgIpc) is 3.18. The van der Waals surface area contributed by atoms with Gasteiger partial charge in [-0.25, -0.2) is 17.6 Å². The largest absolute Gasteiger partial charge is 0.338 e. The zero-order chi connectivity index (χ0) is 27.1. The van der Waals surface area contributed by atoms with Crippen LogP contribution in [0.3, 0.4) is 0 Å². The number of benzene rings is 3. The summed E-state index contributed by atoms with van der Waals surface area (Å²) in [5, 5.41) is 4.43. The van der Waals surface area contributed by atoms with Crippen LogP contribution in [0.25, 0.3) is 10.8 Å². The van der Waals surface area contributed by atoms with Crippen molar-refractivity contribution in [1.29, 1.82) is 0 Å². The van der Waals surface area contributed by atoms with Gasteiger partial charge in [0.1, 0.15) is 17.9 Å². The van der Waals surface area contributed by atoms with Crippen LogP contribution in [0.15, 0.2) is 71.6 Å². The molecule has 3 aromatic carbocycles. The number of rotatable bonds is 6. The van der Waals surface area contributed by atoms with Gasteiger partial charge < -0.3 is 10.2 Å². The zero-order valence-electron chi connectivity index (χ0n) is 20.8. The average molecular weight is 539 g/mol. The summed E-state index contributed by atoms with van der Waals surface area (Å²) in [7, 11) is -3.76. The molecule has 2 fully saturated rings. The molecule has 0 aromatic heterocycles. The minimum absolute atomic E-state index is 0.0928. The molecule has 0 radical (unpaired) electrons. The monoisotopic (exact) mass is 538 g/mol. The van der Waals surface area contributed by atoms with Gasteiger partial charge >= 0.3 is 6.03 Å². The second-order valence-electron chi connectivity index (χ2n) is 9.38. The molecule has 2 saturated heterocycles. The number of carbonyl (C=O) groups excluding carboxylic acids is 3. The molecule has 0 unspecified atom stereocenters. The van der Waals surface area contributed by atoms with Gasteiger partial charge in [-0.3, -0.25) is 14.5 Å². The normalized spacial score (nSPS) is 20.7. The highest BCUT2D eigenvalue weighted by Crippen LogP contribution is 2.32. The Morgan fingerprint density at radius 3 is 2.26 bits per heavy atom. The Morgan fingerprint density at radius 1 is 0.947 bits per heavy atom. The SMILES string of the molecule is CC[C@@]1(c2ccc(F)cc2)NC(=O)N(CC(=O)N2CCN(S(=O)(=O)c3ccc4ccccc4c3)CC2)C1=O. The molecule has 0 aliphatic carbocycles. The van der Waals surface area contributed by atoms with Gasteiger partial charge in [0.2, 0.25) is 15.9 Å². The van der Waals surface area contributed by atoms with E-state index in [9.17, 15) is 27.2 Å². The molecule has 9 nitrogen and oxygen atoms in total. The molecular weight excluding hydrogens is 511 g/mol. The van der Waals surface area contributed by atoms with Gasteiger partial charge in [-0.1, -0.05) is 49.4 Å². The number of amides is 4. The molecule has 0 spiro atoms. The fourth-order valence-corrected chi connectivity index (χ4v) is 6.49. The van der Waals surface area contributed by atoms with E-state index >= 15 is 0 Å². The molecule has 0 saturated carbocycles. The van der Waals surface area contributed by atoms with Gasteiger partial charge in [0.25, 0.3) is 5.91 Å². The highest BCUT2D eigenvalue weighted by Gasteiger charge is 2.52. The van der Waals surface area contributed by atoms with Crippen LogP contribution in [0.5, 0.6) is 0 Å². The lowest BCUT2D eigenvalue weighted by atomic mass is 9.87. The van der Waals surface area contributed by atoms with E-state index in [0.29, 0.717) is 5.56 Å². The molecule has 5 rings (SSSR count). The highest BCUT2D eigenvalue weighted by molar-refractivity contribution is 7.89. The molecule has 198 valence electrons. The van der Waals surface area contributed by atoms with Crippen molar-refractivity contribution < 1.29 is 27.2 Å². The fourth-order valence-electron chi connectivity index (χ4n) is 5.03. The van der Waals surface area contributed by atoms with E-state index in [-0.39, 0.29) is 37.5 Å². The van der Waals surface area contributed by atoms with Gasteiger partial charge in [-0.2, -0.15) is 4.31 Å². The van der Waals surface area contributed by atoms with Gasteiger partial charge in [-0.15, -0.1) is 0 Å². The number of halogens is 1. The van der Waals surface area contributed by atoms with Crippen LogP contribution < -0.4 is 5.32 Å². The predicted molar refractivity (Wildman–Crippen MR) is 138 cm³/mol. The number of piperazine rings is 1. The molecule has 4 amide bonds. The lowest BCUT2D eigenvalue weighted by Gasteiger charge is -2.34. The standard InChI is InChI=1S/C27H27FN4O5S/c1-2-27(21-8-10-22(28)11-9-21)25(34)32(26(35)29-27)18-24(33)30-13-15-31(16-14-30)38(36,37)23-12-7-19-5-3-4-6-20(19)17-23/h3-12,17H,2,13-16,18H2,1H3,(H,29,35)/t27-/m0/s1. The number of nitrogens with one attached hydrogen (secondary N) is 1. The Bertz CT molecular complexity index is 1520. The zero-order valence-corrected chi connectivity index (χ0v) is 21.6. The summed E-state index contributed by atoms with van der Waals surface area (Å²) in [6, 6.07) is 17.1. The molecule has 1 atom stereocenters. The van der Waals surface area contributed by atoms with E-state index in [1.165, 1.54) is 33.5 Å². The van der Waals surface area contributed by atoms with E-state index in [1.54, 1.807) is 25.1 Å². The third-order valence-electron chi connectivity index (χ3n) is 7.29. The van der Waals surface area contributed by atoms with Gasteiger partial charge in [0.15, 0.2) is 0 Å². The first-order valence-electron chi connectivity index (χ1n) is 12.3. The maximum Gasteiger partial charge on any atom is 0.325 e. The smallest absolute Gasteiger partial charge is 0.325 e. The molecule has 2 aliphatic heterocycles. The number of fused-ring (bicyclic) bond motifs is 1. The quantitative estimate of drug-likeness (QED) is 0.486. The first kappa shape index (κ1) is 25.8. The second kappa shape index (κ2) is 9.80.